The third kappa shape index (κ3) is 5.88. The largest absolute Gasteiger partial charge is 0.276 e. The van der Waals surface area contributed by atoms with Crippen LogP contribution >= 0.6 is 0 Å². The summed E-state index contributed by atoms with van der Waals surface area (Å²) in [5, 5.41) is 4.35. The molecule has 272 valence electrons. The molecule has 10 rings (SSSR count). The molecular weight excluding hydrogens is 699 g/mol. The van der Waals surface area contributed by atoms with Crippen LogP contribution in [0, 0.1) is 0 Å². The molecule has 0 bridgehead atoms. The summed E-state index contributed by atoms with van der Waals surface area (Å²) in [5.74, 6) is 2.33. The quantitative estimate of drug-likeness (QED) is 0.153. The van der Waals surface area contributed by atoms with E-state index in [-0.39, 0.29) is 6.04 Å². The Labute approximate surface area is 330 Å². The normalized spacial score (nSPS) is 14.8. The third-order valence-electron chi connectivity index (χ3n) is 10.7. The molecule has 57 heavy (non-hydrogen) atoms. The molecule has 6 aromatic carbocycles. The van der Waals surface area contributed by atoms with Gasteiger partial charge in [0, 0.05) is 39.1 Å². The van der Waals surface area contributed by atoms with Crippen molar-refractivity contribution in [2.75, 3.05) is 0 Å². The van der Waals surface area contributed by atoms with Crippen LogP contribution in [0.1, 0.15) is 24.9 Å². The first-order valence-electron chi connectivity index (χ1n) is 19.2. The van der Waals surface area contributed by atoms with Gasteiger partial charge < -0.3 is 0 Å². The van der Waals surface area contributed by atoms with Gasteiger partial charge in [0.15, 0.2) is 11.6 Å². The number of benzene rings is 6. The van der Waals surface area contributed by atoms with E-state index in [1.165, 1.54) is 0 Å². The van der Waals surface area contributed by atoms with Gasteiger partial charge in [-0.3, -0.25) is 9.13 Å². The molecule has 0 saturated carbocycles. The number of allylic oxidation sites excluding steroid dienone is 5. The Morgan fingerprint density at radius 3 is 1.70 bits per heavy atom. The maximum atomic E-state index is 5.47. The maximum Gasteiger partial charge on any atom is 0.238 e. The van der Waals surface area contributed by atoms with E-state index in [4.69, 9.17) is 24.9 Å². The van der Waals surface area contributed by atoms with Crippen molar-refractivity contribution in [2.24, 2.45) is 9.98 Å². The summed E-state index contributed by atoms with van der Waals surface area (Å²) in [6.45, 7) is 6.20. The number of para-hydroxylation sites is 2. The Morgan fingerprint density at radius 1 is 0.596 bits per heavy atom. The monoisotopic (exact) mass is 735 g/mol. The highest BCUT2D eigenvalue weighted by Gasteiger charge is 2.28. The fraction of sp³-hybridized carbons (Fsp3) is 0.0600. The van der Waals surface area contributed by atoms with Gasteiger partial charge in [0.25, 0.3) is 0 Å². The van der Waals surface area contributed by atoms with Crippen LogP contribution in [0.25, 0.3) is 72.3 Å². The van der Waals surface area contributed by atoms with Gasteiger partial charge in [0.2, 0.25) is 11.9 Å². The predicted octanol–water partition coefficient (Wildman–Crippen LogP) is 11.9. The topological polar surface area (TPSA) is 73.2 Å². The van der Waals surface area contributed by atoms with E-state index in [2.05, 4.69) is 107 Å². The Balaban J connectivity index is 1.34. The Hall–Kier alpha value is -7.51. The summed E-state index contributed by atoms with van der Waals surface area (Å²) < 4.78 is 4.44. The molecule has 0 saturated heterocycles. The van der Waals surface area contributed by atoms with Crippen molar-refractivity contribution in [3.63, 3.8) is 0 Å². The van der Waals surface area contributed by atoms with E-state index in [1.54, 1.807) is 0 Å². The molecule has 0 radical (unpaired) electrons. The van der Waals surface area contributed by atoms with Crippen molar-refractivity contribution >= 4 is 55.3 Å². The van der Waals surface area contributed by atoms with Crippen LogP contribution in [0.15, 0.2) is 198 Å². The highest BCUT2D eigenvalue weighted by Crippen LogP contribution is 2.41. The smallest absolute Gasteiger partial charge is 0.238 e. The van der Waals surface area contributed by atoms with Crippen LogP contribution in [0.3, 0.4) is 0 Å². The van der Waals surface area contributed by atoms with Gasteiger partial charge in [-0.1, -0.05) is 170 Å². The number of aliphatic imine (C=N–C) groups is 2. The lowest BCUT2D eigenvalue weighted by atomic mass is 9.96. The van der Waals surface area contributed by atoms with E-state index in [0.29, 0.717) is 30.0 Å². The lowest BCUT2D eigenvalue weighted by Crippen LogP contribution is -2.22. The van der Waals surface area contributed by atoms with E-state index in [9.17, 15) is 0 Å². The molecule has 1 aliphatic heterocycles. The molecule has 0 amide bonds. The standard InChI is InChI=1S/C50H37N7/c1-3-5-19-33(4-2)41-32-42(34-20-9-6-10-21-34)52-49(51-41)56-43-28-17-15-26-37(43)39-30-31-40-38-27-16-18-29-44(38)57(46(40)45(39)56)50-54-47(35-22-11-7-12-23-35)53-48(55-50)36-24-13-8-14-25-36/h3-31,42H,2,32H2,1H3/b5-3-,33-19+. The minimum atomic E-state index is -0.158. The van der Waals surface area contributed by atoms with Gasteiger partial charge in [-0.15, -0.1) is 0 Å². The molecule has 1 unspecified atom stereocenters. The summed E-state index contributed by atoms with van der Waals surface area (Å²) in [6.07, 6.45) is 8.67. The van der Waals surface area contributed by atoms with Crippen molar-refractivity contribution in [3.05, 3.63) is 194 Å². The molecule has 0 aliphatic carbocycles. The summed E-state index contributed by atoms with van der Waals surface area (Å²) >= 11 is 0. The van der Waals surface area contributed by atoms with E-state index in [0.717, 1.165) is 71.6 Å². The summed E-state index contributed by atoms with van der Waals surface area (Å²) in [4.78, 5) is 26.4. The molecule has 7 nitrogen and oxygen atoms in total. The second kappa shape index (κ2) is 14.3. The number of hydrogen-bond donors (Lipinski definition) is 0. The van der Waals surface area contributed by atoms with Gasteiger partial charge in [-0.2, -0.15) is 9.97 Å². The van der Waals surface area contributed by atoms with E-state index < -0.39 is 0 Å². The zero-order valence-electron chi connectivity index (χ0n) is 31.4. The predicted molar refractivity (Wildman–Crippen MR) is 235 cm³/mol. The van der Waals surface area contributed by atoms with Gasteiger partial charge in [-0.25, -0.2) is 15.0 Å². The van der Waals surface area contributed by atoms with Gasteiger partial charge in [-0.05, 0) is 30.2 Å². The lowest BCUT2D eigenvalue weighted by Gasteiger charge is -2.23. The first kappa shape index (κ1) is 34.0. The van der Waals surface area contributed by atoms with Crippen LogP contribution in [-0.2, 0) is 0 Å². The minimum Gasteiger partial charge on any atom is -0.276 e. The molecule has 1 atom stereocenters. The lowest BCUT2D eigenvalue weighted by molar-refractivity contribution is 0.745. The van der Waals surface area contributed by atoms with Crippen molar-refractivity contribution in [2.45, 2.75) is 19.4 Å². The van der Waals surface area contributed by atoms with Gasteiger partial charge in [0.05, 0.1) is 33.8 Å². The second-order valence-electron chi connectivity index (χ2n) is 14.0. The van der Waals surface area contributed by atoms with Crippen LogP contribution in [-0.4, -0.2) is 35.8 Å². The Bertz CT molecular complexity index is 3050. The van der Waals surface area contributed by atoms with Crippen LogP contribution in [0.5, 0.6) is 0 Å². The van der Waals surface area contributed by atoms with Crippen molar-refractivity contribution in [3.8, 4) is 28.7 Å². The minimum absolute atomic E-state index is 0.158. The van der Waals surface area contributed by atoms with Gasteiger partial charge >= 0.3 is 0 Å². The molecule has 1 aliphatic rings. The van der Waals surface area contributed by atoms with Crippen LogP contribution in [0.4, 0.5) is 0 Å². The molecule has 0 spiro atoms. The fourth-order valence-corrected chi connectivity index (χ4v) is 8.02. The summed E-state index contributed by atoms with van der Waals surface area (Å²) in [7, 11) is 0. The van der Waals surface area contributed by atoms with E-state index in [1.807, 2.05) is 91.9 Å². The van der Waals surface area contributed by atoms with Gasteiger partial charge in [0.1, 0.15) is 0 Å². The fourth-order valence-electron chi connectivity index (χ4n) is 8.02. The number of nitrogens with zero attached hydrogens (tertiary/aromatic N) is 7. The molecule has 7 heteroatoms. The zero-order chi connectivity index (χ0) is 38.3. The number of aromatic nitrogens is 5. The molecule has 4 heterocycles. The zero-order valence-corrected chi connectivity index (χ0v) is 31.4. The van der Waals surface area contributed by atoms with Crippen LogP contribution in [0.2, 0.25) is 0 Å². The average molecular weight is 736 g/mol. The highest BCUT2D eigenvalue weighted by molar-refractivity contribution is 6.26. The second-order valence-corrected chi connectivity index (χ2v) is 14.0. The highest BCUT2D eigenvalue weighted by atomic mass is 15.2. The summed E-state index contributed by atoms with van der Waals surface area (Å²) in [5.41, 5.74) is 8.78. The Morgan fingerprint density at radius 2 is 1.12 bits per heavy atom. The average Bonchev–Trinajstić information content (AvgIpc) is 3.80. The molecule has 0 N–H and O–H groups in total. The molecular formula is C50H37N7. The number of rotatable bonds is 7. The first-order chi connectivity index (χ1) is 28.2. The first-order valence-corrected chi connectivity index (χ1v) is 19.2. The van der Waals surface area contributed by atoms with Crippen molar-refractivity contribution < 1.29 is 0 Å². The molecule has 0 fully saturated rings. The summed E-state index contributed by atoms with van der Waals surface area (Å²) in [6, 6.07) is 52.0. The number of fused-ring (bicyclic) bond motifs is 7. The number of hydrogen-bond acceptors (Lipinski definition) is 5. The SMILES string of the molecule is C=C/C(=C\C=C/C)C1=NC(n2c3ccccc3c3ccc4c5ccccc5n(-c5nc(-c6ccccc6)nc(-c6ccccc6)n5)c4c32)=NC(c2ccccc2)C1. The third-order valence-corrected chi connectivity index (χ3v) is 10.7. The molecule has 3 aromatic heterocycles. The maximum absolute atomic E-state index is 5.47. The van der Waals surface area contributed by atoms with Crippen molar-refractivity contribution in [1.29, 1.82) is 0 Å². The molecule has 9 aromatic rings. The van der Waals surface area contributed by atoms with E-state index >= 15 is 0 Å². The van der Waals surface area contributed by atoms with Crippen LogP contribution < -0.4 is 0 Å². The van der Waals surface area contributed by atoms with Crippen molar-refractivity contribution in [1.82, 2.24) is 24.1 Å². The Kier molecular flexibility index (Phi) is 8.53.